The monoisotopic (exact) mass is 309 g/mol. The number of alkyl halides is 2. The van der Waals surface area contributed by atoms with Crippen molar-refractivity contribution in [2.75, 3.05) is 0 Å². The number of aliphatic hydroxyl groups is 1. The second-order valence-electron chi connectivity index (χ2n) is 5.83. The van der Waals surface area contributed by atoms with E-state index >= 15 is 0 Å². The zero-order valence-electron chi connectivity index (χ0n) is 12.2. The lowest BCUT2D eigenvalue weighted by molar-refractivity contribution is -0.108. The fourth-order valence-electron chi connectivity index (χ4n) is 2.56. The maximum atomic E-state index is 13.2. The van der Waals surface area contributed by atoms with Crippen molar-refractivity contribution in [1.29, 1.82) is 0 Å². The van der Waals surface area contributed by atoms with Gasteiger partial charge in [0.2, 0.25) is 5.92 Å². The predicted octanol–water partition coefficient (Wildman–Crippen LogP) is 1.82. The van der Waals surface area contributed by atoms with Gasteiger partial charge in [-0.1, -0.05) is 5.21 Å². The second kappa shape index (κ2) is 5.35. The summed E-state index contributed by atoms with van der Waals surface area (Å²) in [5, 5.41) is 18.4. The average molecular weight is 309 g/mol. The Bertz CT molecular complexity index is 646. The Labute approximate surface area is 126 Å². The molecule has 0 radical (unpaired) electrons. The zero-order chi connectivity index (χ0) is 15.8. The SMILES string of the molecule is Cc1ncc(Cn2cc(C3(O)CCC(F)(F)CC3)nn2)cn1. The average Bonchev–Trinajstić information content (AvgIpc) is 2.94. The standard InChI is InChI=1S/C14H17F2N5O/c1-10-17-6-11(7-18-10)8-21-9-12(19-20-21)13(22)2-4-14(15,16)5-3-13/h6-7,9,22H,2-5,8H2,1H3. The molecule has 0 spiro atoms. The number of nitrogens with zero attached hydrogens (tertiary/aromatic N) is 5. The number of rotatable bonds is 3. The number of halogens is 2. The van der Waals surface area contributed by atoms with Gasteiger partial charge < -0.3 is 5.11 Å². The summed E-state index contributed by atoms with van der Waals surface area (Å²) < 4.78 is 28.0. The van der Waals surface area contributed by atoms with Crippen LogP contribution in [0.3, 0.4) is 0 Å². The lowest BCUT2D eigenvalue weighted by Gasteiger charge is -2.34. The van der Waals surface area contributed by atoms with Gasteiger partial charge in [-0.25, -0.2) is 23.4 Å². The zero-order valence-corrected chi connectivity index (χ0v) is 12.2. The summed E-state index contributed by atoms with van der Waals surface area (Å²) in [6.45, 7) is 2.21. The molecule has 6 nitrogen and oxygen atoms in total. The van der Waals surface area contributed by atoms with Crippen LogP contribution in [0.1, 0.15) is 42.8 Å². The number of hydrogen-bond acceptors (Lipinski definition) is 5. The molecule has 0 saturated heterocycles. The molecular weight excluding hydrogens is 292 g/mol. The molecule has 1 aliphatic carbocycles. The third-order valence-corrected chi connectivity index (χ3v) is 4.00. The van der Waals surface area contributed by atoms with E-state index in [0.717, 1.165) is 5.56 Å². The normalized spacial score (nSPS) is 20.0. The van der Waals surface area contributed by atoms with Gasteiger partial charge in [0.1, 0.15) is 17.1 Å². The van der Waals surface area contributed by atoms with Gasteiger partial charge in [-0.3, -0.25) is 0 Å². The molecule has 1 saturated carbocycles. The molecule has 0 atom stereocenters. The van der Waals surface area contributed by atoms with Gasteiger partial charge in [-0.15, -0.1) is 5.10 Å². The minimum atomic E-state index is -2.69. The van der Waals surface area contributed by atoms with E-state index < -0.39 is 11.5 Å². The highest BCUT2D eigenvalue weighted by Crippen LogP contribution is 2.42. The molecular formula is C14H17F2N5O. The van der Waals surface area contributed by atoms with E-state index in [2.05, 4.69) is 20.3 Å². The molecule has 2 heterocycles. The molecule has 0 aliphatic heterocycles. The Morgan fingerprint density at radius 1 is 1.18 bits per heavy atom. The first-order chi connectivity index (χ1) is 10.4. The first-order valence-corrected chi connectivity index (χ1v) is 7.15. The fourth-order valence-corrected chi connectivity index (χ4v) is 2.56. The maximum Gasteiger partial charge on any atom is 0.248 e. The van der Waals surface area contributed by atoms with Crippen LogP contribution < -0.4 is 0 Å². The van der Waals surface area contributed by atoms with Crippen molar-refractivity contribution in [3.63, 3.8) is 0 Å². The first-order valence-electron chi connectivity index (χ1n) is 7.15. The van der Waals surface area contributed by atoms with Crippen LogP contribution in [0.15, 0.2) is 18.6 Å². The highest BCUT2D eigenvalue weighted by atomic mass is 19.3. The molecule has 3 rings (SSSR count). The van der Waals surface area contributed by atoms with E-state index in [4.69, 9.17) is 0 Å². The van der Waals surface area contributed by atoms with E-state index in [0.29, 0.717) is 18.1 Å². The lowest BCUT2D eigenvalue weighted by atomic mass is 9.81. The summed E-state index contributed by atoms with van der Waals surface area (Å²) in [4.78, 5) is 8.19. The molecule has 22 heavy (non-hydrogen) atoms. The molecule has 0 aromatic carbocycles. The summed E-state index contributed by atoms with van der Waals surface area (Å²) in [7, 11) is 0. The van der Waals surface area contributed by atoms with Crippen molar-refractivity contribution in [3.05, 3.63) is 35.7 Å². The molecule has 1 fully saturated rings. The summed E-state index contributed by atoms with van der Waals surface area (Å²) >= 11 is 0. The molecule has 118 valence electrons. The summed E-state index contributed by atoms with van der Waals surface area (Å²) in [6, 6.07) is 0. The van der Waals surface area contributed by atoms with Crippen LogP contribution in [0.5, 0.6) is 0 Å². The minimum Gasteiger partial charge on any atom is -0.383 e. The summed E-state index contributed by atoms with van der Waals surface area (Å²) in [5.74, 6) is -2.01. The van der Waals surface area contributed by atoms with Gasteiger partial charge in [0, 0.05) is 30.8 Å². The molecule has 8 heteroatoms. The third-order valence-electron chi connectivity index (χ3n) is 4.00. The minimum absolute atomic E-state index is 0.00760. The van der Waals surface area contributed by atoms with E-state index in [-0.39, 0.29) is 25.7 Å². The fraction of sp³-hybridized carbons (Fsp3) is 0.571. The summed E-state index contributed by atoms with van der Waals surface area (Å²) in [6.07, 6.45) is 4.31. The van der Waals surface area contributed by atoms with Crippen molar-refractivity contribution in [2.24, 2.45) is 0 Å². The molecule has 0 amide bonds. The highest BCUT2D eigenvalue weighted by molar-refractivity contribution is 5.11. The summed E-state index contributed by atoms with van der Waals surface area (Å²) in [5.41, 5.74) is -0.121. The van der Waals surface area contributed by atoms with Gasteiger partial charge in [0.05, 0.1) is 12.7 Å². The number of hydrogen-bond donors (Lipinski definition) is 1. The van der Waals surface area contributed by atoms with Crippen LogP contribution in [0.2, 0.25) is 0 Å². The van der Waals surface area contributed by atoms with Crippen LogP contribution in [0.4, 0.5) is 8.78 Å². The van der Waals surface area contributed by atoms with Crippen LogP contribution in [-0.2, 0) is 12.1 Å². The van der Waals surface area contributed by atoms with Crippen molar-refractivity contribution in [2.45, 2.75) is 50.7 Å². The van der Waals surface area contributed by atoms with Gasteiger partial charge in [0.25, 0.3) is 0 Å². The quantitative estimate of drug-likeness (QED) is 0.936. The smallest absolute Gasteiger partial charge is 0.248 e. The Morgan fingerprint density at radius 3 is 2.45 bits per heavy atom. The van der Waals surface area contributed by atoms with Gasteiger partial charge in [0.15, 0.2) is 0 Å². The van der Waals surface area contributed by atoms with Crippen molar-refractivity contribution >= 4 is 0 Å². The molecule has 0 unspecified atom stereocenters. The Hall–Kier alpha value is -1.96. The molecule has 1 N–H and O–H groups in total. The second-order valence-corrected chi connectivity index (χ2v) is 5.83. The molecule has 1 aliphatic rings. The van der Waals surface area contributed by atoms with Gasteiger partial charge in [-0.05, 0) is 19.8 Å². The van der Waals surface area contributed by atoms with Crippen LogP contribution >= 0.6 is 0 Å². The maximum absolute atomic E-state index is 13.2. The Morgan fingerprint density at radius 2 is 1.82 bits per heavy atom. The number of aromatic nitrogens is 5. The van der Waals surface area contributed by atoms with E-state index in [1.165, 1.54) is 0 Å². The van der Waals surface area contributed by atoms with Gasteiger partial charge >= 0.3 is 0 Å². The molecule has 2 aromatic rings. The topological polar surface area (TPSA) is 76.7 Å². The highest BCUT2D eigenvalue weighted by Gasteiger charge is 2.44. The van der Waals surface area contributed by atoms with Crippen molar-refractivity contribution in [3.8, 4) is 0 Å². The van der Waals surface area contributed by atoms with E-state index in [1.54, 1.807) is 30.2 Å². The Kier molecular flexibility index (Phi) is 3.64. The van der Waals surface area contributed by atoms with Crippen molar-refractivity contribution < 1.29 is 13.9 Å². The van der Waals surface area contributed by atoms with Crippen LogP contribution in [0, 0.1) is 6.92 Å². The molecule has 0 bridgehead atoms. The van der Waals surface area contributed by atoms with Crippen LogP contribution in [-0.4, -0.2) is 36.0 Å². The Balaban J connectivity index is 1.72. The molecule has 2 aromatic heterocycles. The van der Waals surface area contributed by atoms with Gasteiger partial charge in [-0.2, -0.15) is 0 Å². The number of aryl methyl sites for hydroxylation is 1. The van der Waals surface area contributed by atoms with E-state index in [1.807, 2.05) is 0 Å². The predicted molar refractivity (Wildman–Crippen MR) is 73.2 cm³/mol. The first kappa shape index (κ1) is 15.0. The third kappa shape index (κ3) is 3.11. The lowest BCUT2D eigenvalue weighted by Crippen LogP contribution is -2.36. The largest absolute Gasteiger partial charge is 0.383 e. The van der Waals surface area contributed by atoms with Crippen molar-refractivity contribution in [1.82, 2.24) is 25.0 Å². The van der Waals surface area contributed by atoms with E-state index in [9.17, 15) is 13.9 Å². The van der Waals surface area contributed by atoms with Crippen LogP contribution in [0.25, 0.3) is 0 Å².